The Bertz CT molecular complexity index is 1180. The molecule has 2 aromatic carbocycles. The molecule has 1 N–H and O–H groups in total. The van der Waals surface area contributed by atoms with Crippen molar-refractivity contribution in [1.29, 1.82) is 0 Å². The van der Waals surface area contributed by atoms with Gasteiger partial charge in [0.1, 0.15) is 12.2 Å². The fourth-order valence-electron chi connectivity index (χ4n) is 2.61. The van der Waals surface area contributed by atoms with Crippen LogP contribution in [0.3, 0.4) is 0 Å². The third-order valence-corrected chi connectivity index (χ3v) is 4.62. The topological polar surface area (TPSA) is 85.6 Å². The van der Waals surface area contributed by atoms with Gasteiger partial charge in [-0.2, -0.15) is 0 Å². The maximum absolute atomic E-state index is 12.0. The average Bonchev–Trinajstić information content (AvgIpc) is 2.66. The van der Waals surface area contributed by atoms with E-state index in [1.165, 1.54) is 25.1 Å². The van der Waals surface area contributed by atoms with Crippen molar-refractivity contribution in [3.05, 3.63) is 80.1 Å². The molecular weight excluding hydrogens is 417 g/mol. The lowest BCUT2D eigenvalue weighted by atomic mass is 10.1. The number of hydrogen-bond donors (Lipinski definition) is 1. The lowest BCUT2D eigenvalue weighted by molar-refractivity contribution is -0.138. The van der Waals surface area contributed by atoms with Crippen LogP contribution in [0.5, 0.6) is 0 Å². The van der Waals surface area contributed by atoms with E-state index in [1.54, 1.807) is 36.4 Å². The number of nitrogens with one attached hydrogen (secondary N) is 1. The van der Waals surface area contributed by atoms with Crippen molar-refractivity contribution in [3.8, 4) is 0 Å². The molecule has 6 nitrogen and oxygen atoms in total. The molecule has 0 spiro atoms. The van der Waals surface area contributed by atoms with Gasteiger partial charge in [0, 0.05) is 41.8 Å². The van der Waals surface area contributed by atoms with Crippen LogP contribution < -0.4 is 10.9 Å². The molecule has 0 radical (unpaired) electrons. The summed E-state index contributed by atoms with van der Waals surface area (Å²) < 4.78 is 10.4. The van der Waals surface area contributed by atoms with Crippen molar-refractivity contribution in [2.75, 3.05) is 5.32 Å². The quantitative estimate of drug-likeness (QED) is 0.355. The van der Waals surface area contributed by atoms with E-state index in [1.807, 2.05) is 0 Å². The van der Waals surface area contributed by atoms with Crippen LogP contribution in [0.2, 0.25) is 10.0 Å². The summed E-state index contributed by atoms with van der Waals surface area (Å²) in [6, 6.07) is 11.1. The fourth-order valence-corrected chi connectivity index (χ4v) is 2.91. The van der Waals surface area contributed by atoms with Gasteiger partial charge in [-0.05, 0) is 35.9 Å². The van der Waals surface area contributed by atoms with Crippen LogP contribution >= 0.6 is 23.2 Å². The highest BCUT2D eigenvalue weighted by Crippen LogP contribution is 2.24. The molecule has 0 unspecified atom stereocenters. The maximum atomic E-state index is 12.0. The van der Waals surface area contributed by atoms with Crippen molar-refractivity contribution >= 4 is 57.8 Å². The highest BCUT2D eigenvalue weighted by atomic mass is 35.5. The summed E-state index contributed by atoms with van der Waals surface area (Å²) in [4.78, 5) is 35.0. The summed E-state index contributed by atoms with van der Waals surface area (Å²) in [6.45, 7) is 1.26. The molecular formula is C21H15Cl2NO5. The van der Waals surface area contributed by atoms with E-state index < -0.39 is 11.6 Å². The summed E-state index contributed by atoms with van der Waals surface area (Å²) in [7, 11) is 0. The van der Waals surface area contributed by atoms with Gasteiger partial charge in [-0.1, -0.05) is 29.3 Å². The van der Waals surface area contributed by atoms with E-state index in [2.05, 4.69) is 5.32 Å². The molecule has 0 saturated carbocycles. The molecule has 148 valence electrons. The molecule has 1 amide bonds. The van der Waals surface area contributed by atoms with Gasteiger partial charge >= 0.3 is 11.6 Å². The highest BCUT2D eigenvalue weighted by Gasteiger charge is 2.09. The molecule has 0 bridgehead atoms. The molecule has 29 heavy (non-hydrogen) atoms. The van der Waals surface area contributed by atoms with Crippen molar-refractivity contribution in [1.82, 2.24) is 0 Å². The summed E-state index contributed by atoms with van der Waals surface area (Å²) in [5.41, 5.74) is 1.36. The Hall–Kier alpha value is -3.09. The zero-order valence-corrected chi connectivity index (χ0v) is 16.7. The SMILES string of the molecule is CC(=O)Nc1ccc2c(COC(=O)/C=C/c3ccc(Cl)c(Cl)c3)cc(=O)oc2c1. The van der Waals surface area contributed by atoms with E-state index in [-0.39, 0.29) is 18.1 Å². The first kappa shape index (κ1) is 20.6. The van der Waals surface area contributed by atoms with Gasteiger partial charge in [0.05, 0.1) is 10.0 Å². The minimum absolute atomic E-state index is 0.119. The molecule has 0 aliphatic carbocycles. The fraction of sp³-hybridized carbons (Fsp3) is 0.0952. The van der Waals surface area contributed by atoms with Gasteiger partial charge in [0.25, 0.3) is 0 Å². The standard InChI is InChI=1S/C21H15Cl2NO5/c1-12(25)24-15-4-5-16-14(9-21(27)29-19(16)10-15)11-28-20(26)7-3-13-2-6-17(22)18(23)8-13/h2-10H,11H2,1H3,(H,24,25)/b7-3+. The molecule has 3 rings (SSSR count). The number of carbonyl (C=O) groups is 2. The van der Waals surface area contributed by atoms with Gasteiger partial charge in [-0.15, -0.1) is 0 Å². The van der Waals surface area contributed by atoms with Gasteiger partial charge in [0.15, 0.2) is 0 Å². The van der Waals surface area contributed by atoms with Gasteiger partial charge in [-0.25, -0.2) is 9.59 Å². The number of benzene rings is 2. The van der Waals surface area contributed by atoms with Crippen LogP contribution in [0.4, 0.5) is 5.69 Å². The summed E-state index contributed by atoms with van der Waals surface area (Å²) >= 11 is 11.8. The molecule has 0 saturated heterocycles. The van der Waals surface area contributed by atoms with Crippen LogP contribution in [-0.4, -0.2) is 11.9 Å². The van der Waals surface area contributed by atoms with E-state index >= 15 is 0 Å². The molecule has 3 aromatic rings. The van der Waals surface area contributed by atoms with E-state index in [4.69, 9.17) is 32.4 Å². The number of halogens is 2. The Morgan fingerprint density at radius 1 is 1.10 bits per heavy atom. The van der Waals surface area contributed by atoms with Crippen LogP contribution in [0.25, 0.3) is 17.0 Å². The molecule has 1 aromatic heterocycles. The Kier molecular flexibility index (Phi) is 6.36. The molecule has 1 heterocycles. The zero-order chi connectivity index (χ0) is 21.0. The first-order chi connectivity index (χ1) is 13.8. The number of rotatable bonds is 5. The number of carbonyl (C=O) groups excluding carboxylic acids is 2. The third kappa shape index (κ3) is 5.47. The molecule has 0 fully saturated rings. The Labute approximate surface area is 175 Å². The van der Waals surface area contributed by atoms with Crippen LogP contribution in [0.15, 0.2) is 57.8 Å². The Morgan fingerprint density at radius 3 is 2.62 bits per heavy atom. The lowest BCUT2D eigenvalue weighted by Gasteiger charge is -2.08. The summed E-state index contributed by atoms with van der Waals surface area (Å²) in [5.74, 6) is -0.835. The lowest BCUT2D eigenvalue weighted by Crippen LogP contribution is -2.07. The number of anilines is 1. The molecule has 8 heteroatoms. The number of esters is 1. The summed E-state index contributed by atoms with van der Waals surface area (Å²) in [5, 5.41) is 4.01. The smallest absolute Gasteiger partial charge is 0.336 e. The summed E-state index contributed by atoms with van der Waals surface area (Å²) in [6.07, 6.45) is 2.80. The molecule has 0 atom stereocenters. The monoisotopic (exact) mass is 431 g/mol. The second kappa shape index (κ2) is 8.94. The van der Waals surface area contributed by atoms with E-state index in [0.29, 0.717) is 32.2 Å². The van der Waals surface area contributed by atoms with Crippen molar-refractivity contribution < 1.29 is 18.7 Å². The van der Waals surface area contributed by atoms with Crippen molar-refractivity contribution in [3.63, 3.8) is 0 Å². The van der Waals surface area contributed by atoms with E-state index in [9.17, 15) is 14.4 Å². The number of hydrogen-bond acceptors (Lipinski definition) is 5. The third-order valence-electron chi connectivity index (χ3n) is 3.88. The van der Waals surface area contributed by atoms with Crippen LogP contribution in [-0.2, 0) is 20.9 Å². The maximum Gasteiger partial charge on any atom is 0.336 e. The van der Waals surface area contributed by atoms with Crippen LogP contribution in [0, 0.1) is 0 Å². The predicted molar refractivity (Wildman–Crippen MR) is 112 cm³/mol. The van der Waals surface area contributed by atoms with Crippen molar-refractivity contribution in [2.24, 2.45) is 0 Å². The Balaban J connectivity index is 1.74. The second-order valence-corrected chi connectivity index (χ2v) is 6.91. The largest absolute Gasteiger partial charge is 0.458 e. The number of fused-ring (bicyclic) bond motifs is 1. The predicted octanol–water partition coefficient (Wildman–Crippen LogP) is 4.81. The minimum Gasteiger partial charge on any atom is -0.458 e. The van der Waals surface area contributed by atoms with Crippen LogP contribution in [0.1, 0.15) is 18.1 Å². The van der Waals surface area contributed by atoms with E-state index in [0.717, 1.165) is 0 Å². The van der Waals surface area contributed by atoms with Gasteiger partial charge in [-0.3, -0.25) is 4.79 Å². The van der Waals surface area contributed by atoms with Gasteiger partial charge < -0.3 is 14.5 Å². The molecule has 0 aliphatic heterocycles. The number of amides is 1. The van der Waals surface area contributed by atoms with Gasteiger partial charge in [0.2, 0.25) is 5.91 Å². The Morgan fingerprint density at radius 2 is 1.90 bits per heavy atom. The minimum atomic E-state index is -0.590. The average molecular weight is 432 g/mol. The molecule has 0 aliphatic rings. The van der Waals surface area contributed by atoms with Crippen molar-refractivity contribution in [2.45, 2.75) is 13.5 Å². The first-order valence-electron chi connectivity index (χ1n) is 8.46. The second-order valence-electron chi connectivity index (χ2n) is 6.10. The normalized spacial score (nSPS) is 11.0. The number of ether oxygens (including phenoxy) is 1. The first-order valence-corrected chi connectivity index (χ1v) is 9.21. The zero-order valence-electron chi connectivity index (χ0n) is 15.2. The highest BCUT2D eigenvalue weighted by molar-refractivity contribution is 6.42.